The average Bonchev–Trinajstić information content (AvgIpc) is 2.37. The Morgan fingerprint density at radius 3 is 2.35 bits per heavy atom. The van der Waals surface area contributed by atoms with Crippen molar-refractivity contribution in [2.45, 2.75) is 58.0 Å². The van der Waals surface area contributed by atoms with Crippen LogP contribution in [-0.4, -0.2) is 62.7 Å². The van der Waals surface area contributed by atoms with E-state index in [0.29, 0.717) is 11.5 Å². The number of hydrogen-bond donors (Lipinski definition) is 1. The molecule has 0 amide bonds. The molecule has 2 fully saturated rings. The summed E-state index contributed by atoms with van der Waals surface area (Å²) in [6.07, 6.45) is 6.91. The highest BCUT2D eigenvalue weighted by Gasteiger charge is 2.41. The van der Waals surface area contributed by atoms with Gasteiger partial charge in [-0.15, -0.1) is 0 Å². The van der Waals surface area contributed by atoms with Crippen LogP contribution in [0, 0.1) is 11.3 Å². The van der Waals surface area contributed by atoms with Gasteiger partial charge in [0.2, 0.25) is 0 Å². The molecule has 1 aliphatic carbocycles. The normalized spacial score (nSPS) is 32.7. The average molecular weight is 281 g/mol. The summed E-state index contributed by atoms with van der Waals surface area (Å²) in [6, 6.07) is 1.41. The van der Waals surface area contributed by atoms with Gasteiger partial charge in [0.25, 0.3) is 0 Å². The molecule has 0 radical (unpaired) electrons. The second kappa shape index (κ2) is 6.76. The molecule has 1 saturated carbocycles. The SMILES string of the molecule is CNC1C(N2CCC(CN(C)C)CC2)CCCC1(C)C. The summed E-state index contributed by atoms with van der Waals surface area (Å²) in [6.45, 7) is 8.76. The number of nitrogens with zero attached hydrogens (tertiary/aromatic N) is 2. The number of rotatable bonds is 4. The molecule has 2 atom stereocenters. The van der Waals surface area contributed by atoms with Gasteiger partial charge < -0.3 is 10.2 Å². The summed E-state index contributed by atoms with van der Waals surface area (Å²) in [4.78, 5) is 5.13. The van der Waals surface area contributed by atoms with E-state index >= 15 is 0 Å². The molecular weight excluding hydrogens is 246 g/mol. The Morgan fingerprint density at radius 2 is 1.80 bits per heavy atom. The zero-order chi connectivity index (χ0) is 14.8. The zero-order valence-electron chi connectivity index (χ0n) is 14.3. The summed E-state index contributed by atoms with van der Waals surface area (Å²) in [5, 5.41) is 3.64. The number of hydrogen-bond acceptors (Lipinski definition) is 3. The minimum Gasteiger partial charge on any atom is -0.315 e. The molecule has 3 heteroatoms. The fourth-order valence-corrected chi connectivity index (χ4v) is 4.57. The molecule has 1 N–H and O–H groups in total. The minimum absolute atomic E-state index is 0.443. The van der Waals surface area contributed by atoms with E-state index in [4.69, 9.17) is 0 Å². The lowest BCUT2D eigenvalue weighted by molar-refractivity contribution is 0.0291. The van der Waals surface area contributed by atoms with Crippen LogP contribution in [0.4, 0.5) is 0 Å². The van der Waals surface area contributed by atoms with Crippen molar-refractivity contribution in [1.29, 1.82) is 0 Å². The number of nitrogens with one attached hydrogen (secondary N) is 1. The van der Waals surface area contributed by atoms with Gasteiger partial charge in [-0.1, -0.05) is 20.3 Å². The van der Waals surface area contributed by atoms with Crippen molar-refractivity contribution in [2.75, 3.05) is 40.8 Å². The molecule has 0 spiro atoms. The summed E-state index contributed by atoms with van der Waals surface area (Å²) in [5.74, 6) is 0.908. The molecule has 2 aliphatic rings. The first-order valence-electron chi connectivity index (χ1n) is 8.50. The number of likely N-dealkylation sites (N-methyl/N-ethyl adjacent to an activating group) is 1. The van der Waals surface area contributed by atoms with E-state index in [0.717, 1.165) is 12.0 Å². The van der Waals surface area contributed by atoms with Crippen LogP contribution in [0.5, 0.6) is 0 Å². The van der Waals surface area contributed by atoms with Gasteiger partial charge in [0.15, 0.2) is 0 Å². The predicted octanol–water partition coefficient (Wildman–Crippen LogP) is 2.43. The lowest BCUT2D eigenvalue weighted by atomic mass is 9.70. The molecule has 1 aliphatic heterocycles. The fourth-order valence-electron chi connectivity index (χ4n) is 4.57. The highest BCUT2D eigenvalue weighted by Crippen LogP contribution is 2.38. The van der Waals surface area contributed by atoms with E-state index < -0.39 is 0 Å². The van der Waals surface area contributed by atoms with Crippen molar-refractivity contribution in [2.24, 2.45) is 11.3 Å². The van der Waals surface area contributed by atoms with Crippen LogP contribution in [-0.2, 0) is 0 Å². The van der Waals surface area contributed by atoms with Gasteiger partial charge in [-0.3, -0.25) is 4.90 Å². The topological polar surface area (TPSA) is 18.5 Å². The summed E-state index contributed by atoms with van der Waals surface area (Å²) >= 11 is 0. The number of likely N-dealkylation sites (tertiary alicyclic amines) is 1. The van der Waals surface area contributed by atoms with Gasteiger partial charge in [-0.05, 0) is 71.2 Å². The van der Waals surface area contributed by atoms with Crippen molar-refractivity contribution < 1.29 is 0 Å². The van der Waals surface area contributed by atoms with Crippen LogP contribution in [0.2, 0.25) is 0 Å². The van der Waals surface area contributed by atoms with E-state index in [2.05, 4.69) is 50.1 Å². The highest BCUT2D eigenvalue weighted by molar-refractivity contribution is 4.98. The molecule has 2 rings (SSSR count). The van der Waals surface area contributed by atoms with Crippen LogP contribution in [0.15, 0.2) is 0 Å². The molecule has 1 heterocycles. The predicted molar refractivity (Wildman–Crippen MR) is 87.1 cm³/mol. The van der Waals surface area contributed by atoms with Gasteiger partial charge >= 0.3 is 0 Å². The van der Waals surface area contributed by atoms with Crippen molar-refractivity contribution in [3.63, 3.8) is 0 Å². The first-order valence-corrected chi connectivity index (χ1v) is 8.50. The maximum Gasteiger partial charge on any atom is 0.0271 e. The van der Waals surface area contributed by atoms with Crippen LogP contribution in [0.1, 0.15) is 46.0 Å². The fraction of sp³-hybridized carbons (Fsp3) is 1.00. The van der Waals surface area contributed by atoms with Gasteiger partial charge in [-0.2, -0.15) is 0 Å². The number of piperidine rings is 1. The van der Waals surface area contributed by atoms with Crippen LogP contribution < -0.4 is 5.32 Å². The summed E-state index contributed by atoms with van der Waals surface area (Å²) in [5.41, 5.74) is 0.443. The smallest absolute Gasteiger partial charge is 0.0271 e. The maximum absolute atomic E-state index is 3.64. The molecule has 3 nitrogen and oxygen atoms in total. The monoisotopic (exact) mass is 281 g/mol. The van der Waals surface area contributed by atoms with Crippen LogP contribution in [0.3, 0.4) is 0 Å². The maximum atomic E-state index is 3.64. The Bertz CT molecular complexity index is 293. The van der Waals surface area contributed by atoms with Crippen molar-refractivity contribution >= 4 is 0 Å². The molecule has 0 aromatic heterocycles. The Balaban J connectivity index is 1.92. The van der Waals surface area contributed by atoms with Gasteiger partial charge in [0.1, 0.15) is 0 Å². The third kappa shape index (κ3) is 3.75. The highest BCUT2D eigenvalue weighted by atomic mass is 15.2. The minimum atomic E-state index is 0.443. The van der Waals surface area contributed by atoms with Crippen LogP contribution in [0.25, 0.3) is 0 Å². The largest absolute Gasteiger partial charge is 0.315 e. The summed E-state index contributed by atoms with van der Waals surface area (Å²) in [7, 11) is 6.56. The Morgan fingerprint density at radius 1 is 1.15 bits per heavy atom. The van der Waals surface area contributed by atoms with E-state index in [9.17, 15) is 0 Å². The van der Waals surface area contributed by atoms with Gasteiger partial charge in [-0.25, -0.2) is 0 Å². The van der Waals surface area contributed by atoms with Crippen molar-refractivity contribution in [3.05, 3.63) is 0 Å². The molecule has 0 bridgehead atoms. The van der Waals surface area contributed by atoms with Crippen LogP contribution >= 0.6 is 0 Å². The standard InChI is InChI=1S/C17H35N3/c1-17(2)10-6-7-15(16(17)18-3)20-11-8-14(9-12-20)13-19(4)5/h14-16,18H,6-13H2,1-5H3. The zero-order valence-corrected chi connectivity index (χ0v) is 14.3. The second-order valence-corrected chi connectivity index (χ2v) is 7.96. The Kier molecular flexibility index (Phi) is 5.49. The Hall–Kier alpha value is -0.120. The third-order valence-corrected chi connectivity index (χ3v) is 5.60. The van der Waals surface area contributed by atoms with Crippen molar-refractivity contribution in [3.8, 4) is 0 Å². The second-order valence-electron chi connectivity index (χ2n) is 7.96. The first-order chi connectivity index (χ1) is 9.44. The van der Waals surface area contributed by atoms with E-state index in [1.165, 1.54) is 51.7 Å². The van der Waals surface area contributed by atoms with E-state index in [1.807, 2.05) is 0 Å². The molecule has 20 heavy (non-hydrogen) atoms. The molecular formula is C17H35N3. The molecule has 118 valence electrons. The molecule has 1 saturated heterocycles. The quantitative estimate of drug-likeness (QED) is 0.854. The van der Waals surface area contributed by atoms with Gasteiger partial charge in [0.05, 0.1) is 0 Å². The van der Waals surface area contributed by atoms with E-state index in [1.54, 1.807) is 0 Å². The van der Waals surface area contributed by atoms with E-state index in [-0.39, 0.29) is 0 Å². The lowest BCUT2D eigenvalue weighted by Gasteiger charge is -2.50. The third-order valence-electron chi connectivity index (χ3n) is 5.60. The molecule has 2 unspecified atom stereocenters. The lowest BCUT2D eigenvalue weighted by Crippen LogP contribution is -2.59. The van der Waals surface area contributed by atoms with Gasteiger partial charge in [0, 0.05) is 18.6 Å². The first kappa shape index (κ1) is 16.3. The van der Waals surface area contributed by atoms with Crippen molar-refractivity contribution in [1.82, 2.24) is 15.1 Å². The molecule has 0 aromatic carbocycles. The Labute approximate surface area is 126 Å². The molecule has 0 aromatic rings. The summed E-state index contributed by atoms with van der Waals surface area (Å²) < 4.78 is 0.